The molecular weight excluding hydrogens is 320 g/mol. The van der Waals surface area contributed by atoms with Crippen LogP contribution in [0.2, 0.25) is 0 Å². The van der Waals surface area contributed by atoms with Crippen LogP contribution in [0.4, 0.5) is 0 Å². The minimum atomic E-state index is -0.955. The number of aryl methyl sites for hydroxylation is 1. The molecule has 7 heteroatoms. The van der Waals surface area contributed by atoms with Crippen LogP contribution in [0.3, 0.4) is 0 Å². The SMILES string of the molecule is Cc1nonc1CSc1ccc(Br)c(C(=O)O)c1. The van der Waals surface area contributed by atoms with Gasteiger partial charge in [-0.2, -0.15) is 0 Å². The maximum Gasteiger partial charge on any atom is 0.336 e. The van der Waals surface area contributed by atoms with E-state index >= 15 is 0 Å². The van der Waals surface area contributed by atoms with Gasteiger partial charge in [0.15, 0.2) is 0 Å². The summed E-state index contributed by atoms with van der Waals surface area (Å²) >= 11 is 4.69. The Morgan fingerprint density at radius 1 is 1.50 bits per heavy atom. The number of rotatable bonds is 4. The predicted molar refractivity (Wildman–Crippen MR) is 69.7 cm³/mol. The van der Waals surface area contributed by atoms with E-state index in [2.05, 4.69) is 30.9 Å². The summed E-state index contributed by atoms with van der Waals surface area (Å²) in [6, 6.07) is 5.20. The van der Waals surface area contributed by atoms with Gasteiger partial charge in [0.2, 0.25) is 0 Å². The van der Waals surface area contributed by atoms with E-state index in [1.165, 1.54) is 11.8 Å². The van der Waals surface area contributed by atoms with Gasteiger partial charge in [0.05, 0.1) is 5.56 Å². The number of aromatic nitrogens is 2. The monoisotopic (exact) mass is 328 g/mol. The maximum absolute atomic E-state index is 11.0. The molecule has 0 atom stereocenters. The van der Waals surface area contributed by atoms with Crippen molar-refractivity contribution < 1.29 is 14.5 Å². The highest BCUT2D eigenvalue weighted by Crippen LogP contribution is 2.27. The van der Waals surface area contributed by atoms with Gasteiger partial charge in [-0.1, -0.05) is 10.3 Å². The zero-order valence-corrected chi connectivity index (χ0v) is 11.8. The summed E-state index contributed by atoms with van der Waals surface area (Å²) in [5.74, 6) is -0.362. The Morgan fingerprint density at radius 3 is 2.89 bits per heavy atom. The Bertz CT molecular complexity index is 585. The van der Waals surface area contributed by atoms with Crippen LogP contribution in [0.25, 0.3) is 0 Å². The molecule has 0 fully saturated rings. The zero-order chi connectivity index (χ0) is 13.1. The van der Waals surface area contributed by atoms with Gasteiger partial charge in [-0.3, -0.25) is 0 Å². The van der Waals surface area contributed by atoms with Crippen LogP contribution in [0.1, 0.15) is 21.7 Å². The van der Waals surface area contributed by atoms with E-state index in [-0.39, 0.29) is 5.56 Å². The first-order valence-corrected chi connectivity index (χ1v) is 6.79. The number of halogens is 1. The van der Waals surface area contributed by atoms with E-state index < -0.39 is 5.97 Å². The van der Waals surface area contributed by atoms with Crippen LogP contribution in [0, 0.1) is 6.92 Å². The fraction of sp³-hybridized carbons (Fsp3) is 0.182. The van der Waals surface area contributed by atoms with Crippen LogP contribution in [-0.4, -0.2) is 21.4 Å². The van der Waals surface area contributed by atoms with Gasteiger partial charge in [-0.05, 0) is 41.1 Å². The lowest BCUT2D eigenvalue weighted by atomic mass is 10.2. The van der Waals surface area contributed by atoms with Crippen molar-refractivity contribution in [3.63, 3.8) is 0 Å². The quantitative estimate of drug-likeness (QED) is 0.869. The van der Waals surface area contributed by atoms with Gasteiger partial charge < -0.3 is 5.11 Å². The number of carboxylic acid groups (broad SMARTS) is 1. The molecule has 5 nitrogen and oxygen atoms in total. The highest BCUT2D eigenvalue weighted by atomic mass is 79.9. The molecule has 0 aliphatic heterocycles. The number of carbonyl (C=O) groups is 1. The number of aromatic carboxylic acids is 1. The highest BCUT2D eigenvalue weighted by molar-refractivity contribution is 9.10. The second-order valence-corrected chi connectivity index (χ2v) is 5.43. The Balaban J connectivity index is 2.13. The fourth-order valence-corrected chi connectivity index (χ4v) is 2.64. The lowest BCUT2D eigenvalue weighted by Gasteiger charge is -2.03. The molecule has 0 unspecified atom stereocenters. The van der Waals surface area contributed by atoms with Crippen molar-refractivity contribution in [3.05, 3.63) is 39.6 Å². The van der Waals surface area contributed by atoms with Crippen molar-refractivity contribution in [1.82, 2.24) is 10.3 Å². The van der Waals surface area contributed by atoms with Crippen LogP contribution < -0.4 is 0 Å². The average molecular weight is 329 g/mol. The van der Waals surface area contributed by atoms with Crippen LogP contribution in [0.5, 0.6) is 0 Å². The molecule has 0 amide bonds. The summed E-state index contributed by atoms with van der Waals surface area (Å²) in [6.07, 6.45) is 0. The second-order valence-electron chi connectivity index (χ2n) is 3.53. The van der Waals surface area contributed by atoms with Gasteiger partial charge in [-0.25, -0.2) is 9.42 Å². The minimum Gasteiger partial charge on any atom is -0.478 e. The molecule has 0 saturated heterocycles. The summed E-state index contributed by atoms with van der Waals surface area (Å²) in [7, 11) is 0. The van der Waals surface area contributed by atoms with Gasteiger partial charge in [0, 0.05) is 15.1 Å². The van der Waals surface area contributed by atoms with Crippen molar-refractivity contribution in [2.45, 2.75) is 17.6 Å². The van der Waals surface area contributed by atoms with E-state index in [0.717, 1.165) is 16.3 Å². The smallest absolute Gasteiger partial charge is 0.336 e. The van der Waals surface area contributed by atoms with Crippen LogP contribution in [0.15, 0.2) is 32.2 Å². The summed E-state index contributed by atoms with van der Waals surface area (Å²) in [5.41, 5.74) is 1.76. The normalized spacial score (nSPS) is 10.6. The molecule has 0 spiro atoms. The van der Waals surface area contributed by atoms with Crippen molar-refractivity contribution in [2.75, 3.05) is 0 Å². The second kappa shape index (κ2) is 5.53. The molecule has 1 heterocycles. The third-order valence-electron chi connectivity index (χ3n) is 2.29. The number of benzene rings is 1. The number of carboxylic acids is 1. The Labute approximate surface area is 116 Å². The van der Waals surface area contributed by atoms with Crippen LogP contribution in [-0.2, 0) is 5.75 Å². The van der Waals surface area contributed by atoms with E-state index in [0.29, 0.717) is 10.2 Å². The zero-order valence-electron chi connectivity index (χ0n) is 9.38. The first kappa shape index (κ1) is 13.1. The van der Waals surface area contributed by atoms with Crippen LogP contribution >= 0.6 is 27.7 Å². The fourth-order valence-electron chi connectivity index (χ4n) is 1.29. The molecular formula is C11H9BrN2O3S. The summed E-state index contributed by atoms with van der Waals surface area (Å²) in [4.78, 5) is 11.8. The first-order valence-electron chi connectivity index (χ1n) is 5.01. The summed E-state index contributed by atoms with van der Waals surface area (Å²) in [5, 5.41) is 16.5. The van der Waals surface area contributed by atoms with Crippen molar-refractivity contribution in [2.24, 2.45) is 0 Å². The lowest BCUT2D eigenvalue weighted by Crippen LogP contribution is -1.97. The topological polar surface area (TPSA) is 76.2 Å². The van der Waals surface area contributed by atoms with E-state index in [1.807, 2.05) is 13.0 Å². The third kappa shape index (κ3) is 2.91. The molecule has 0 bridgehead atoms. The first-order chi connectivity index (χ1) is 8.58. The Kier molecular flexibility index (Phi) is 4.03. The van der Waals surface area contributed by atoms with E-state index in [1.54, 1.807) is 12.1 Å². The standard InChI is InChI=1S/C11H9BrN2O3S/c1-6-10(14-17-13-6)5-18-7-2-3-9(12)8(4-7)11(15)16/h2-4H,5H2,1H3,(H,15,16). The maximum atomic E-state index is 11.0. The average Bonchev–Trinajstić information content (AvgIpc) is 2.73. The number of thioether (sulfide) groups is 1. The lowest BCUT2D eigenvalue weighted by molar-refractivity contribution is 0.0695. The molecule has 2 aromatic rings. The molecule has 1 aromatic heterocycles. The Morgan fingerprint density at radius 2 is 2.28 bits per heavy atom. The molecule has 0 radical (unpaired) electrons. The molecule has 0 saturated carbocycles. The summed E-state index contributed by atoms with van der Waals surface area (Å²) < 4.78 is 5.17. The molecule has 1 aromatic carbocycles. The van der Waals surface area contributed by atoms with Gasteiger partial charge in [-0.15, -0.1) is 11.8 Å². The molecule has 18 heavy (non-hydrogen) atoms. The molecule has 94 valence electrons. The van der Waals surface area contributed by atoms with Crippen molar-refractivity contribution in [3.8, 4) is 0 Å². The number of nitrogens with zero attached hydrogens (tertiary/aromatic N) is 2. The molecule has 2 rings (SSSR count). The minimum absolute atomic E-state index is 0.245. The van der Waals surface area contributed by atoms with Crippen molar-refractivity contribution in [1.29, 1.82) is 0 Å². The van der Waals surface area contributed by atoms with Gasteiger partial charge in [0.1, 0.15) is 11.4 Å². The molecule has 0 aliphatic carbocycles. The Hall–Kier alpha value is -1.34. The largest absolute Gasteiger partial charge is 0.478 e. The summed E-state index contributed by atoms with van der Waals surface area (Å²) in [6.45, 7) is 1.82. The third-order valence-corrected chi connectivity index (χ3v) is 3.99. The van der Waals surface area contributed by atoms with E-state index in [4.69, 9.17) is 5.11 Å². The van der Waals surface area contributed by atoms with E-state index in [9.17, 15) is 4.79 Å². The molecule has 1 N–H and O–H groups in total. The number of hydrogen-bond donors (Lipinski definition) is 1. The number of hydrogen-bond acceptors (Lipinski definition) is 5. The predicted octanol–water partition coefficient (Wildman–Crippen LogP) is 3.13. The van der Waals surface area contributed by atoms with Crippen molar-refractivity contribution >= 4 is 33.7 Å². The molecule has 0 aliphatic rings. The van der Waals surface area contributed by atoms with Gasteiger partial charge >= 0.3 is 5.97 Å². The van der Waals surface area contributed by atoms with Gasteiger partial charge in [0.25, 0.3) is 0 Å². The highest BCUT2D eigenvalue weighted by Gasteiger charge is 2.10.